The maximum Gasteiger partial charge on any atom is 0.270 e. The van der Waals surface area contributed by atoms with Crippen molar-refractivity contribution in [3.05, 3.63) is 63.7 Å². The molecule has 0 aromatic heterocycles. The van der Waals surface area contributed by atoms with E-state index in [9.17, 15) is 15.4 Å². The molecule has 0 radical (unpaired) electrons. The number of rotatable bonds is 4. The predicted octanol–water partition coefficient (Wildman–Crippen LogP) is 3.93. The highest BCUT2D eigenvalue weighted by Crippen LogP contribution is 2.30. The van der Waals surface area contributed by atoms with E-state index in [1.165, 1.54) is 12.1 Å². The third-order valence-corrected chi connectivity index (χ3v) is 3.26. The monoisotopic (exact) mass is 281 g/mol. The lowest BCUT2D eigenvalue weighted by atomic mass is 10.1. The fourth-order valence-electron chi connectivity index (χ4n) is 2.18. The molecule has 0 bridgehead atoms. The van der Waals surface area contributed by atoms with Crippen LogP contribution in [0.25, 0.3) is 0 Å². The van der Waals surface area contributed by atoms with E-state index in [-0.39, 0.29) is 5.69 Å². The molecular weight excluding hydrogens is 266 g/mol. The lowest BCUT2D eigenvalue weighted by Crippen LogP contribution is -2.17. The number of nitriles is 1. The second kappa shape index (κ2) is 6.06. The van der Waals surface area contributed by atoms with E-state index >= 15 is 0 Å². The van der Waals surface area contributed by atoms with E-state index in [1.807, 2.05) is 49.1 Å². The summed E-state index contributed by atoms with van der Waals surface area (Å²) in [5.41, 5.74) is 3.00. The SMILES string of the molecule is CCN(c1ccc(C)cc1)c1ccc([N+](=O)[O-])cc1C#N. The minimum atomic E-state index is -0.493. The van der Waals surface area contributed by atoms with Gasteiger partial charge >= 0.3 is 0 Å². The standard InChI is InChI=1S/C16H15N3O2/c1-3-18(14-6-4-12(2)5-7-14)16-9-8-15(19(20)21)10-13(16)11-17/h4-10H,3H2,1-2H3. The van der Waals surface area contributed by atoms with Crippen molar-refractivity contribution in [3.8, 4) is 6.07 Å². The van der Waals surface area contributed by atoms with Crippen molar-refractivity contribution in [1.82, 2.24) is 0 Å². The molecular formula is C16H15N3O2. The normalized spacial score (nSPS) is 9.95. The average Bonchev–Trinajstić information content (AvgIpc) is 2.50. The van der Waals surface area contributed by atoms with Crippen molar-refractivity contribution in [3.63, 3.8) is 0 Å². The summed E-state index contributed by atoms with van der Waals surface area (Å²) in [5, 5.41) is 20.1. The molecule has 0 aliphatic heterocycles. The van der Waals surface area contributed by atoms with Crippen LogP contribution in [0.3, 0.4) is 0 Å². The van der Waals surface area contributed by atoms with Crippen molar-refractivity contribution in [1.29, 1.82) is 5.26 Å². The second-order valence-electron chi connectivity index (χ2n) is 4.65. The zero-order valence-electron chi connectivity index (χ0n) is 11.9. The van der Waals surface area contributed by atoms with Crippen molar-refractivity contribution >= 4 is 17.1 Å². The lowest BCUT2D eigenvalue weighted by molar-refractivity contribution is -0.384. The molecule has 0 saturated carbocycles. The first kappa shape index (κ1) is 14.5. The van der Waals surface area contributed by atoms with Gasteiger partial charge in [-0.05, 0) is 32.0 Å². The van der Waals surface area contributed by atoms with E-state index in [0.29, 0.717) is 17.8 Å². The molecule has 2 aromatic rings. The quantitative estimate of drug-likeness (QED) is 0.628. The summed E-state index contributed by atoms with van der Waals surface area (Å²) in [6, 6.07) is 14.3. The van der Waals surface area contributed by atoms with Crippen LogP contribution in [-0.2, 0) is 0 Å². The van der Waals surface area contributed by atoms with Gasteiger partial charge in [0.05, 0.1) is 16.2 Å². The van der Waals surface area contributed by atoms with Gasteiger partial charge in [-0.1, -0.05) is 17.7 Å². The highest BCUT2D eigenvalue weighted by molar-refractivity contribution is 5.71. The summed E-state index contributed by atoms with van der Waals surface area (Å²) in [6.45, 7) is 4.64. The van der Waals surface area contributed by atoms with Gasteiger partial charge in [-0.15, -0.1) is 0 Å². The fraction of sp³-hybridized carbons (Fsp3) is 0.188. The Bertz CT molecular complexity index is 702. The molecule has 0 heterocycles. The lowest BCUT2D eigenvalue weighted by Gasteiger charge is -2.24. The molecule has 2 aromatic carbocycles. The van der Waals surface area contributed by atoms with Crippen LogP contribution in [0.15, 0.2) is 42.5 Å². The number of hydrogen-bond acceptors (Lipinski definition) is 4. The smallest absolute Gasteiger partial charge is 0.270 e. The van der Waals surface area contributed by atoms with Crippen LogP contribution in [0.2, 0.25) is 0 Å². The first-order valence-electron chi connectivity index (χ1n) is 6.59. The number of non-ortho nitro benzene ring substituents is 1. The van der Waals surface area contributed by atoms with Gasteiger partial charge in [-0.3, -0.25) is 10.1 Å². The highest BCUT2D eigenvalue weighted by Gasteiger charge is 2.16. The summed E-state index contributed by atoms with van der Waals surface area (Å²) in [5.74, 6) is 0. The van der Waals surface area contributed by atoms with Gasteiger partial charge in [0.1, 0.15) is 6.07 Å². The van der Waals surface area contributed by atoms with Gasteiger partial charge in [0, 0.05) is 24.4 Å². The van der Waals surface area contributed by atoms with Crippen molar-refractivity contribution in [2.24, 2.45) is 0 Å². The largest absolute Gasteiger partial charge is 0.341 e. The Hall–Kier alpha value is -2.87. The van der Waals surface area contributed by atoms with E-state index < -0.39 is 4.92 Å². The molecule has 106 valence electrons. The van der Waals surface area contributed by atoms with Crippen molar-refractivity contribution in [2.45, 2.75) is 13.8 Å². The van der Waals surface area contributed by atoms with Gasteiger partial charge in [-0.2, -0.15) is 5.26 Å². The minimum absolute atomic E-state index is 0.0738. The van der Waals surface area contributed by atoms with E-state index in [4.69, 9.17) is 0 Å². The van der Waals surface area contributed by atoms with Crippen LogP contribution in [-0.4, -0.2) is 11.5 Å². The van der Waals surface area contributed by atoms with E-state index in [1.54, 1.807) is 6.07 Å². The van der Waals surface area contributed by atoms with Gasteiger partial charge in [-0.25, -0.2) is 0 Å². The Labute approximate surface area is 123 Å². The maximum atomic E-state index is 10.8. The zero-order valence-corrected chi connectivity index (χ0v) is 11.9. The third kappa shape index (κ3) is 3.00. The maximum absolute atomic E-state index is 10.8. The Balaban J connectivity index is 2.50. The summed E-state index contributed by atoms with van der Waals surface area (Å²) in [7, 11) is 0. The molecule has 0 aliphatic rings. The van der Waals surface area contributed by atoms with Gasteiger partial charge in [0.15, 0.2) is 0 Å². The average molecular weight is 281 g/mol. The first-order valence-corrected chi connectivity index (χ1v) is 6.59. The molecule has 0 N–H and O–H groups in total. The van der Waals surface area contributed by atoms with Crippen molar-refractivity contribution < 1.29 is 4.92 Å². The Kier molecular flexibility index (Phi) is 4.19. The van der Waals surface area contributed by atoms with Crippen LogP contribution in [0.4, 0.5) is 17.1 Å². The number of nitro groups is 1. The Morgan fingerprint density at radius 3 is 2.43 bits per heavy atom. The molecule has 5 heteroatoms. The van der Waals surface area contributed by atoms with E-state index in [2.05, 4.69) is 0 Å². The first-order chi connectivity index (χ1) is 10.1. The molecule has 0 spiro atoms. The minimum Gasteiger partial charge on any atom is -0.341 e. The van der Waals surface area contributed by atoms with Gasteiger partial charge < -0.3 is 4.90 Å². The summed E-state index contributed by atoms with van der Waals surface area (Å²) < 4.78 is 0. The summed E-state index contributed by atoms with van der Waals surface area (Å²) in [6.07, 6.45) is 0. The molecule has 0 unspecified atom stereocenters. The summed E-state index contributed by atoms with van der Waals surface area (Å²) in [4.78, 5) is 12.3. The predicted molar refractivity (Wildman–Crippen MR) is 81.7 cm³/mol. The van der Waals surface area contributed by atoms with Crippen LogP contribution in [0.1, 0.15) is 18.1 Å². The summed E-state index contributed by atoms with van der Waals surface area (Å²) >= 11 is 0. The number of anilines is 2. The fourth-order valence-corrected chi connectivity index (χ4v) is 2.18. The molecule has 0 fully saturated rings. The van der Waals surface area contributed by atoms with Crippen LogP contribution in [0, 0.1) is 28.4 Å². The third-order valence-electron chi connectivity index (χ3n) is 3.26. The molecule has 5 nitrogen and oxygen atoms in total. The Morgan fingerprint density at radius 1 is 1.24 bits per heavy atom. The molecule has 0 aliphatic carbocycles. The number of nitrogens with zero attached hydrogens (tertiary/aromatic N) is 3. The van der Waals surface area contributed by atoms with Crippen LogP contribution < -0.4 is 4.90 Å². The second-order valence-corrected chi connectivity index (χ2v) is 4.65. The highest BCUT2D eigenvalue weighted by atomic mass is 16.6. The van der Waals surface area contributed by atoms with Crippen LogP contribution in [0.5, 0.6) is 0 Å². The van der Waals surface area contributed by atoms with Gasteiger partial charge in [0.2, 0.25) is 0 Å². The Morgan fingerprint density at radius 2 is 1.90 bits per heavy atom. The molecule has 21 heavy (non-hydrogen) atoms. The molecule has 2 rings (SSSR count). The topological polar surface area (TPSA) is 70.2 Å². The number of benzene rings is 2. The zero-order chi connectivity index (χ0) is 15.4. The molecule has 0 atom stereocenters. The number of nitro benzene ring substituents is 1. The van der Waals surface area contributed by atoms with Gasteiger partial charge in [0.25, 0.3) is 5.69 Å². The molecule has 0 amide bonds. The van der Waals surface area contributed by atoms with Crippen molar-refractivity contribution in [2.75, 3.05) is 11.4 Å². The number of aryl methyl sites for hydroxylation is 1. The molecule has 0 saturated heterocycles. The van der Waals surface area contributed by atoms with Crippen LogP contribution >= 0.6 is 0 Å². The van der Waals surface area contributed by atoms with E-state index in [0.717, 1.165) is 11.3 Å². The number of hydrogen-bond donors (Lipinski definition) is 0.